The number of hydrogen-bond acceptors (Lipinski definition) is 5. The molecule has 3 rings (SSSR count). The second kappa shape index (κ2) is 8.73. The molecule has 1 amide bonds. The fourth-order valence-electron chi connectivity index (χ4n) is 3.10. The summed E-state index contributed by atoms with van der Waals surface area (Å²) in [7, 11) is 0. The van der Waals surface area contributed by atoms with E-state index in [4.69, 9.17) is 4.42 Å². The second-order valence-electron chi connectivity index (χ2n) is 6.85. The monoisotopic (exact) mass is 391 g/mol. The standard InChI is InChI=1S/C23H25N3O3/c1-5-26(6-2)19-12-11-18-13-20(23(28)29-21(18)14-19)16(4)24-25-22(27)17-9-7-15(3)8-10-17/h7-14H,5-6H2,1-4H3,(H,25,27)/b24-16-. The molecule has 0 fully saturated rings. The fourth-order valence-corrected chi connectivity index (χ4v) is 3.10. The van der Waals surface area contributed by atoms with Crippen LogP contribution in [0.1, 0.15) is 42.3 Å². The van der Waals surface area contributed by atoms with Crippen LogP contribution in [0.2, 0.25) is 0 Å². The minimum Gasteiger partial charge on any atom is -0.422 e. The maximum absolute atomic E-state index is 12.5. The molecule has 1 N–H and O–H groups in total. The number of carbonyl (C=O) groups is 1. The first-order chi connectivity index (χ1) is 13.9. The highest BCUT2D eigenvalue weighted by Crippen LogP contribution is 2.22. The summed E-state index contributed by atoms with van der Waals surface area (Å²) >= 11 is 0. The Balaban J connectivity index is 1.86. The molecule has 0 atom stereocenters. The Hall–Kier alpha value is -3.41. The van der Waals surface area contributed by atoms with Crippen LogP contribution < -0.4 is 16.0 Å². The molecule has 0 aliphatic carbocycles. The Kier molecular flexibility index (Phi) is 6.12. The Bertz CT molecular complexity index is 1110. The molecule has 0 aliphatic rings. The van der Waals surface area contributed by atoms with Crippen molar-refractivity contribution in [3.05, 3.63) is 75.6 Å². The van der Waals surface area contributed by atoms with Crippen LogP contribution in [0.15, 0.2) is 62.8 Å². The number of nitrogens with one attached hydrogen (secondary N) is 1. The van der Waals surface area contributed by atoms with E-state index in [1.807, 2.05) is 37.3 Å². The fraction of sp³-hybridized carbons (Fsp3) is 0.261. The smallest absolute Gasteiger partial charge is 0.345 e. The maximum Gasteiger partial charge on any atom is 0.345 e. The largest absolute Gasteiger partial charge is 0.422 e. The van der Waals surface area contributed by atoms with Gasteiger partial charge in [0.2, 0.25) is 0 Å². The van der Waals surface area contributed by atoms with Crippen LogP contribution in [0.5, 0.6) is 0 Å². The van der Waals surface area contributed by atoms with Gasteiger partial charge in [0.15, 0.2) is 0 Å². The van der Waals surface area contributed by atoms with Gasteiger partial charge in [0.05, 0.1) is 11.3 Å². The van der Waals surface area contributed by atoms with Crippen LogP contribution in [0.4, 0.5) is 5.69 Å². The lowest BCUT2D eigenvalue weighted by Gasteiger charge is -2.21. The van der Waals surface area contributed by atoms with Gasteiger partial charge in [-0.1, -0.05) is 17.7 Å². The number of fused-ring (bicyclic) bond motifs is 1. The van der Waals surface area contributed by atoms with Gasteiger partial charge in [-0.3, -0.25) is 4.79 Å². The molecule has 1 aromatic heterocycles. The van der Waals surface area contributed by atoms with E-state index >= 15 is 0 Å². The highest BCUT2D eigenvalue weighted by atomic mass is 16.4. The Morgan fingerprint density at radius 1 is 1.07 bits per heavy atom. The first-order valence-corrected chi connectivity index (χ1v) is 9.67. The Morgan fingerprint density at radius 2 is 1.76 bits per heavy atom. The van der Waals surface area contributed by atoms with E-state index in [0.29, 0.717) is 22.4 Å². The topological polar surface area (TPSA) is 74.9 Å². The lowest BCUT2D eigenvalue weighted by molar-refractivity contribution is 0.0955. The summed E-state index contributed by atoms with van der Waals surface area (Å²) in [5.74, 6) is -0.335. The zero-order chi connectivity index (χ0) is 21.0. The van der Waals surface area contributed by atoms with Crippen LogP contribution in [-0.2, 0) is 0 Å². The molecular formula is C23H25N3O3. The zero-order valence-corrected chi connectivity index (χ0v) is 17.2. The van der Waals surface area contributed by atoms with E-state index in [9.17, 15) is 9.59 Å². The average Bonchev–Trinajstić information content (AvgIpc) is 2.72. The van der Waals surface area contributed by atoms with Crippen molar-refractivity contribution in [2.24, 2.45) is 5.10 Å². The van der Waals surface area contributed by atoms with Gasteiger partial charge in [-0.05, 0) is 58.0 Å². The van der Waals surface area contributed by atoms with Crippen molar-refractivity contribution < 1.29 is 9.21 Å². The average molecular weight is 391 g/mol. The summed E-state index contributed by atoms with van der Waals surface area (Å²) in [5.41, 5.74) is 5.81. The number of nitrogens with zero attached hydrogens (tertiary/aromatic N) is 2. The van der Waals surface area contributed by atoms with Crippen molar-refractivity contribution in [2.75, 3.05) is 18.0 Å². The number of carbonyl (C=O) groups excluding carboxylic acids is 1. The Morgan fingerprint density at radius 3 is 2.41 bits per heavy atom. The van der Waals surface area contributed by atoms with Gasteiger partial charge in [0.1, 0.15) is 5.58 Å². The van der Waals surface area contributed by atoms with Gasteiger partial charge in [-0.2, -0.15) is 5.10 Å². The predicted molar refractivity (Wildman–Crippen MR) is 117 cm³/mol. The van der Waals surface area contributed by atoms with Crippen LogP contribution in [-0.4, -0.2) is 24.7 Å². The quantitative estimate of drug-likeness (QED) is 0.390. The lowest BCUT2D eigenvalue weighted by Crippen LogP contribution is -2.22. The Labute approximate surface area is 169 Å². The van der Waals surface area contributed by atoms with Crippen molar-refractivity contribution >= 4 is 28.3 Å². The summed E-state index contributed by atoms with van der Waals surface area (Å²) in [5, 5.41) is 4.88. The minimum atomic E-state index is -0.486. The molecule has 0 aliphatic heterocycles. The molecule has 0 radical (unpaired) electrons. The van der Waals surface area contributed by atoms with Crippen molar-refractivity contribution in [3.63, 3.8) is 0 Å². The van der Waals surface area contributed by atoms with Crippen LogP contribution in [0.25, 0.3) is 11.0 Å². The molecular weight excluding hydrogens is 366 g/mol. The van der Waals surface area contributed by atoms with Gasteiger partial charge in [-0.15, -0.1) is 0 Å². The number of amides is 1. The predicted octanol–water partition coefficient (Wildman–Crippen LogP) is 4.10. The molecule has 3 aromatic rings. The molecule has 1 heterocycles. The van der Waals surface area contributed by atoms with Gasteiger partial charge in [-0.25, -0.2) is 10.2 Å². The zero-order valence-electron chi connectivity index (χ0n) is 17.2. The number of rotatable bonds is 6. The highest BCUT2D eigenvalue weighted by Gasteiger charge is 2.11. The van der Waals surface area contributed by atoms with E-state index in [1.54, 1.807) is 25.1 Å². The maximum atomic E-state index is 12.5. The summed E-state index contributed by atoms with van der Waals surface area (Å²) in [6, 6.07) is 14.7. The van der Waals surface area contributed by atoms with E-state index in [1.165, 1.54) is 0 Å². The van der Waals surface area contributed by atoms with Crippen molar-refractivity contribution in [3.8, 4) is 0 Å². The SMILES string of the molecule is CCN(CC)c1ccc2cc(/C(C)=N\NC(=O)c3ccc(C)cc3)c(=O)oc2c1. The number of benzene rings is 2. The summed E-state index contributed by atoms with van der Waals surface area (Å²) in [4.78, 5) is 26.9. The molecule has 150 valence electrons. The van der Waals surface area contributed by atoms with E-state index in [0.717, 1.165) is 29.7 Å². The van der Waals surface area contributed by atoms with Crippen LogP contribution >= 0.6 is 0 Å². The van der Waals surface area contributed by atoms with Gasteiger partial charge in [0.25, 0.3) is 5.91 Å². The minimum absolute atomic E-state index is 0.317. The summed E-state index contributed by atoms with van der Waals surface area (Å²) in [6.07, 6.45) is 0. The van der Waals surface area contributed by atoms with E-state index < -0.39 is 5.63 Å². The molecule has 0 saturated carbocycles. The van der Waals surface area contributed by atoms with Crippen LogP contribution in [0, 0.1) is 6.92 Å². The van der Waals surface area contributed by atoms with Crippen LogP contribution in [0.3, 0.4) is 0 Å². The van der Waals surface area contributed by atoms with Crippen molar-refractivity contribution in [1.82, 2.24) is 5.43 Å². The van der Waals surface area contributed by atoms with Crippen molar-refractivity contribution in [1.29, 1.82) is 0 Å². The third-order valence-electron chi connectivity index (χ3n) is 4.88. The summed E-state index contributed by atoms with van der Waals surface area (Å²) in [6.45, 7) is 9.52. The number of anilines is 1. The number of aryl methyl sites for hydroxylation is 1. The van der Waals surface area contributed by atoms with Gasteiger partial charge in [0, 0.05) is 35.8 Å². The molecule has 2 aromatic carbocycles. The molecule has 6 heteroatoms. The van der Waals surface area contributed by atoms with Gasteiger partial charge >= 0.3 is 5.63 Å². The first-order valence-electron chi connectivity index (χ1n) is 9.67. The third-order valence-corrected chi connectivity index (χ3v) is 4.88. The molecule has 0 spiro atoms. The van der Waals surface area contributed by atoms with E-state index in [2.05, 4.69) is 29.3 Å². The molecule has 0 unspecified atom stereocenters. The summed E-state index contributed by atoms with van der Waals surface area (Å²) < 4.78 is 5.52. The molecule has 29 heavy (non-hydrogen) atoms. The van der Waals surface area contributed by atoms with Crippen molar-refractivity contribution in [2.45, 2.75) is 27.7 Å². The molecule has 0 saturated heterocycles. The molecule has 6 nitrogen and oxygen atoms in total. The normalized spacial score (nSPS) is 11.5. The molecule has 0 bridgehead atoms. The third kappa shape index (κ3) is 4.54. The highest BCUT2D eigenvalue weighted by molar-refractivity contribution is 6.02. The van der Waals surface area contributed by atoms with E-state index in [-0.39, 0.29) is 5.91 Å². The second-order valence-corrected chi connectivity index (χ2v) is 6.85. The van der Waals surface area contributed by atoms with Gasteiger partial charge < -0.3 is 9.32 Å². The number of hydrogen-bond donors (Lipinski definition) is 1. The first kappa shape index (κ1) is 20.3. The lowest BCUT2D eigenvalue weighted by atomic mass is 10.1. The number of hydrazone groups is 1.